The molecule has 0 bridgehead atoms. The summed E-state index contributed by atoms with van der Waals surface area (Å²) in [6, 6.07) is 12.1. The minimum Gasteiger partial charge on any atom is -0.383 e. The van der Waals surface area contributed by atoms with E-state index in [1.54, 1.807) is 7.11 Å². The highest BCUT2D eigenvalue weighted by Crippen LogP contribution is 2.11. The maximum Gasteiger partial charge on any atom is 0.224 e. The van der Waals surface area contributed by atoms with Crippen molar-refractivity contribution in [1.29, 1.82) is 0 Å². The lowest BCUT2D eigenvalue weighted by molar-refractivity contribution is -0.121. The third kappa shape index (κ3) is 4.46. The lowest BCUT2D eigenvalue weighted by Gasteiger charge is -2.21. The number of carbonyl (C=O) groups excluding carboxylic acids is 1. The zero-order chi connectivity index (χ0) is 15.9. The number of carbonyl (C=O) groups is 1. The number of rotatable bonds is 7. The average molecular weight is 300 g/mol. The van der Waals surface area contributed by atoms with Gasteiger partial charge in [0.15, 0.2) is 0 Å². The number of hydrogen-bond acceptors (Lipinski definition) is 2. The van der Waals surface area contributed by atoms with Gasteiger partial charge in [-0.15, -0.1) is 0 Å². The van der Waals surface area contributed by atoms with Crippen LogP contribution in [0.2, 0.25) is 0 Å². The van der Waals surface area contributed by atoms with E-state index in [0.29, 0.717) is 18.9 Å². The Morgan fingerprint density at radius 3 is 2.36 bits per heavy atom. The maximum atomic E-state index is 12.1. The van der Waals surface area contributed by atoms with Crippen LogP contribution in [0.1, 0.15) is 19.4 Å². The fourth-order valence-corrected chi connectivity index (χ4v) is 2.32. The zero-order valence-corrected chi connectivity index (χ0v) is 13.5. The van der Waals surface area contributed by atoms with Gasteiger partial charge in [-0.1, -0.05) is 26.0 Å². The summed E-state index contributed by atoms with van der Waals surface area (Å²) < 4.78 is 7.19. The van der Waals surface area contributed by atoms with E-state index >= 15 is 0 Å². The highest BCUT2D eigenvalue weighted by Gasteiger charge is 2.16. The molecule has 118 valence electrons. The number of hydrogen-bond donors (Lipinski definition) is 1. The molecule has 22 heavy (non-hydrogen) atoms. The lowest BCUT2D eigenvalue weighted by atomic mass is 10.0. The van der Waals surface area contributed by atoms with Crippen LogP contribution in [0.15, 0.2) is 48.8 Å². The first kappa shape index (κ1) is 16.3. The van der Waals surface area contributed by atoms with Crippen molar-refractivity contribution in [2.75, 3.05) is 13.7 Å². The molecule has 1 aromatic carbocycles. The van der Waals surface area contributed by atoms with E-state index in [-0.39, 0.29) is 11.9 Å². The molecule has 0 unspecified atom stereocenters. The van der Waals surface area contributed by atoms with Crippen molar-refractivity contribution >= 4 is 5.91 Å². The normalized spacial score (nSPS) is 12.4. The van der Waals surface area contributed by atoms with Crippen molar-refractivity contribution in [3.63, 3.8) is 0 Å². The summed E-state index contributed by atoms with van der Waals surface area (Å²) in [5.41, 5.74) is 2.10. The molecule has 0 saturated carbocycles. The van der Waals surface area contributed by atoms with E-state index in [1.165, 1.54) is 0 Å². The third-order valence-corrected chi connectivity index (χ3v) is 3.70. The minimum atomic E-state index is 0.0319. The van der Waals surface area contributed by atoms with Gasteiger partial charge >= 0.3 is 0 Å². The van der Waals surface area contributed by atoms with E-state index in [9.17, 15) is 4.79 Å². The lowest BCUT2D eigenvalue weighted by Crippen LogP contribution is -2.42. The molecule has 0 radical (unpaired) electrons. The van der Waals surface area contributed by atoms with Gasteiger partial charge in [0.25, 0.3) is 0 Å². The van der Waals surface area contributed by atoms with Gasteiger partial charge in [0, 0.05) is 25.2 Å². The number of aromatic nitrogens is 1. The van der Waals surface area contributed by atoms with Gasteiger partial charge in [0.1, 0.15) is 0 Å². The topological polar surface area (TPSA) is 43.3 Å². The van der Waals surface area contributed by atoms with E-state index in [1.807, 2.05) is 53.4 Å². The molecule has 4 heteroatoms. The summed E-state index contributed by atoms with van der Waals surface area (Å²) in [6.45, 7) is 4.70. The molecule has 2 aromatic rings. The molecule has 0 aliphatic rings. The van der Waals surface area contributed by atoms with Gasteiger partial charge in [0.2, 0.25) is 5.91 Å². The highest BCUT2D eigenvalue weighted by atomic mass is 16.5. The summed E-state index contributed by atoms with van der Waals surface area (Å²) >= 11 is 0. The number of ether oxygens (including phenoxy) is 1. The van der Waals surface area contributed by atoms with Crippen LogP contribution in [-0.2, 0) is 16.0 Å². The monoisotopic (exact) mass is 300 g/mol. The Morgan fingerprint density at radius 1 is 1.18 bits per heavy atom. The quantitative estimate of drug-likeness (QED) is 0.854. The Morgan fingerprint density at radius 2 is 1.82 bits per heavy atom. The molecule has 0 aliphatic carbocycles. The predicted octanol–water partition coefficient (Wildman–Crippen LogP) is 2.81. The van der Waals surface area contributed by atoms with Crippen molar-refractivity contribution in [1.82, 2.24) is 9.88 Å². The molecule has 4 nitrogen and oxygen atoms in total. The van der Waals surface area contributed by atoms with Crippen LogP contribution in [0.4, 0.5) is 0 Å². The van der Waals surface area contributed by atoms with Crippen LogP contribution >= 0.6 is 0 Å². The summed E-state index contributed by atoms with van der Waals surface area (Å²) in [5, 5.41) is 3.04. The number of benzene rings is 1. The van der Waals surface area contributed by atoms with Crippen LogP contribution in [0.25, 0.3) is 5.69 Å². The van der Waals surface area contributed by atoms with Crippen LogP contribution in [-0.4, -0.2) is 30.2 Å². The highest BCUT2D eigenvalue weighted by molar-refractivity contribution is 5.79. The second-order valence-electron chi connectivity index (χ2n) is 5.81. The largest absolute Gasteiger partial charge is 0.383 e. The van der Waals surface area contributed by atoms with Crippen LogP contribution in [0, 0.1) is 5.92 Å². The molecule has 1 heterocycles. The Balaban J connectivity index is 1.94. The molecule has 2 rings (SSSR count). The summed E-state index contributed by atoms with van der Waals surface area (Å²) in [5.74, 6) is 0.379. The van der Waals surface area contributed by atoms with Gasteiger partial charge in [-0.05, 0) is 35.7 Å². The molecule has 1 N–H and O–H groups in total. The van der Waals surface area contributed by atoms with Gasteiger partial charge in [-0.3, -0.25) is 4.79 Å². The summed E-state index contributed by atoms with van der Waals surface area (Å²) in [7, 11) is 1.65. The second-order valence-corrected chi connectivity index (χ2v) is 5.81. The molecular formula is C18H24N2O2. The first-order chi connectivity index (χ1) is 10.6. The molecule has 0 aliphatic heterocycles. The Kier molecular flexibility index (Phi) is 5.78. The summed E-state index contributed by atoms with van der Waals surface area (Å²) in [6.07, 6.45) is 4.39. The van der Waals surface area contributed by atoms with Crippen molar-refractivity contribution in [3.8, 4) is 5.69 Å². The van der Waals surface area contributed by atoms with Crippen molar-refractivity contribution < 1.29 is 9.53 Å². The van der Waals surface area contributed by atoms with E-state index in [2.05, 4.69) is 19.2 Å². The fourth-order valence-electron chi connectivity index (χ4n) is 2.32. The van der Waals surface area contributed by atoms with Gasteiger partial charge in [-0.2, -0.15) is 0 Å². The van der Waals surface area contributed by atoms with Gasteiger partial charge in [0.05, 0.1) is 19.1 Å². The van der Waals surface area contributed by atoms with Crippen LogP contribution in [0.5, 0.6) is 0 Å². The standard InChI is InChI=1S/C18H24N2O2/c1-14(2)17(13-22-3)19-18(21)12-15-6-8-16(9-7-15)20-10-4-5-11-20/h4-11,14,17H,12-13H2,1-3H3,(H,19,21)/t17-/m1/s1. The van der Waals surface area contributed by atoms with Gasteiger partial charge in [-0.25, -0.2) is 0 Å². The third-order valence-electron chi connectivity index (χ3n) is 3.70. The number of nitrogens with zero attached hydrogens (tertiary/aromatic N) is 1. The van der Waals surface area contributed by atoms with E-state index in [4.69, 9.17) is 4.74 Å². The number of nitrogens with one attached hydrogen (secondary N) is 1. The summed E-state index contributed by atoms with van der Waals surface area (Å²) in [4.78, 5) is 12.1. The van der Waals surface area contributed by atoms with Crippen molar-refractivity contribution in [3.05, 3.63) is 54.4 Å². The number of methoxy groups -OCH3 is 1. The van der Waals surface area contributed by atoms with E-state index < -0.39 is 0 Å². The molecule has 1 aromatic heterocycles. The second kappa shape index (κ2) is 7.80. The Bertz CT molecular complexity index is 574. The molecular weight excluding hydrogens is 276 g/mol. The maximum absolute atomic E-state index is 12.1. The molecule has 1 amide bonds. The minimum absolute atomic E-state index is 0.0319. The average Bonchev–Trinajstić information content (AvgIpc) is 3.01. The molecule has 1 atom stereocenters. The van der Waals surface area contributed by atoms with Gasteiger partial charge < -0.3 is 14.6 Å². The van der Waals surface area contributed by atoms with Crippen LogP contribution in [0.3, 0.4) is 0 Å². The predicted molar refractivity (Wildman–Crippen MR) is 88.1 cm³/mol. The number of amides is 1. The van der Waals surface area contributed by atoms with E-state index in [0.717, 1.165) is 11.3 Å². The van der Waals surface area contributed by atoms with Crippen molar-refractivity contribution in [2.24, 2.45) is 5.92 Å². The smallest absolute Gasteiger partial charge is 0.224 e. The Labute approximate surface area is 132 Å². The molecule has 0 spiro atoms. The molecule has 0 saturated heterocycles. The Hall–Kier alpha value is -2.07. The zero-order valence-electron chi connectivity index (χ0n) is 13.5. The molecule has 0 fully saturated rings. The van der Waals surface area contributed by atoms with Crippen molar-refractivity contribution in [2.45, 2.75) is 26.3 Å². The first-order valence-electron chi connectivity index (χ1n) is 7.60. The fraction of sp³-hybridized carbons (Fsp3) is 0.389. The van der Waals surface area contributed by atoms with Crippen LogP contribution < -0.4 is 5.32 Å². The SMILES string of the molecule is COC[C@@H](NC(=O)Cc1ccc(-n2cccc2)cc1)C(C)C. The first-order valence-corrected chi connectivity index (χ1v) is 7.60.